The van der Waals surface area contributed by atoms with E-state index in [2.05, 4.69) is 22.7 Å². The average molecular weight is 427 g/mol. The predicted molar refractivity (Wildman–Crippen MR) is 119 cm³/mol. The zero-order chi connectivity index (χ0) is 20.6. The zero-order valence-corrected chi connectivity index (χ0v) is 17.4. The second-order valence-corrected chi connectivity index (χ2v) is 7.10. The standard InChI is InChI=1S/C23H20Cl2N2O2/c1-2-21(18-10-8-17(9-11-18)16-6-4-3-5-7-16)26-27-23(28)15-29-22-13-12-19(24)14-20(22)25/h3-14H,2,15H2,1H3,(H,27,28). The number of rotatable bonds is 7. The van der Waals surface area contributed by atoms with Crippen LogP contribution in [0.4, 0.5) is 0 Å². The summed E-state index contributed by atoms with van der Waals surface area (Å²) in [5.74, 6) is 0.0188. The van der Waals surface area contributed by atoms with E-state index in [0.717, 1.165) is 22.4 Å². The molecule has 4 nitrogen and oxygen atoms in total. The van der Waals surface area contributed by atoms with Crippen molar-refractivity contribution >= 4 is 34.8 Å². The van der Waals surface area contributed by atoms with Gasteiger partial charge in [-0.2, -0.15) is 5.10 Å². The van der Waals surface area contributed by atoms with E-state index in [4.69, 9.17) is 27.9 Å². The van der Waals surface area contributed by atoms with Crippen molar-refractivity contribution in [1.29, 1.82) is 0 Å². The highest BCUT2D eigenvalue weighted by atomic mass is 35.5. The smallest absolute Gasteiger partial charge is 0.277 e. The molecule has 0 saturated heterocycles. The molecule has 1 N–H and O–H groups in total. The summed E-state index contributed by atoms with van der Waals surface area (Å²) >= 11 is 11.9. The summed E-state index contributed by atoms with van der Waals surface area (Å²) in [5.41, 5.74) is 6.55. The van der Waals surface area contributed by atoms with Crippen molar-refractivity contribution < 1.29 is 9.53 Å². The number of carbonyl (C=O) groups excluding carboxylic acids is 1. The van der Waals surface area contributed by atoms with E-state index in [0.29, 0.717) is 22.2 Å². The van der Waals surface area contributed by atoms with Crippen molar-refractivity contribution in [3.63, 3.8) is 0 Å². The van der Waals surface area contributed by atoms with Crippen LogP contribution in [0.2, 0.25) is 10.0 Å². The van der Waals surface area contributed by atoms with Gasteiger partial charge in [0.25, 0.3) is 5.91 Å². The van der Waals surface area contributed by atoms with Gasteiger partial charge in [0.15, 0.2) is 6.61 Å². The predicted octanol–water partition coefficient (Wildman–Crippen LogP) is 5.97. The first-order valence-electron chi connectivity index (χ1n) is 9.16. The van der Waals surface area contributed by atoms with Crippen LogP contribution in [0.15, 0.2) is 77.9 Å². The van der Waals surface area contributed by atoms with Crippen LogP contribution in [0, 0.1) is 0 Å². The highest BCUT2D eigenvalue weighted by Gasteiger charge is 2.08. The van der Waals surface area contributed by atoms with Crippen LogP contribution in [0.1, 0.15) is 18.9 Å². The molecule has 0 atom stereocenters. The van der Waals surface area contributed by atoms with Crippen molar-refractivity contribution in [3.8, 4) is 16.9 Å². The molecule has 1 amide bonds. The third kappa shape index (κ3) is 5.83. The number of amides is 1. The van der Waals surface area contributed by atoms with Gasteiger partial charge in [-0.05, 0) is 41.3 Å². The zero-order valence-electron chi connectivity index (χ0n) is 15.9. The molecule has 148 valence electrons. The van der Waals surface area contributed by atoms with Gasteiger partial charge < -0.3 is 4.74 Å². The number of carbonyl (C=O) groups is 1. The lowest BCUT2D eigenvalue weighted by Gasteiger charge is -2.09. The highest BCUT2D eigenvalue weighted by Crippen LogP contribution is 2.27. The summed E-state index contributed by atoms with van der Waals surface area (Å²) < 4.78 is 5.42. The van der Waals surface area contributed by atoms with E-state index < -0.39 is 0 Å². The Kier molecular flexibility index (Phi) is 7.28. The Hall–Kier alpha value is -2.82. The number of hydrazone groups is 1. The van der Waals surface area contributed by atoms with Gasteiger partial charge in [-0.15, -0.1) is 0 Å². The first-order chi connectivity index (χ1) is 14.1. The van der Waals surface area contributed by atoms with Gasteiger partial charge in [0.1, 0.15) is 5.75 Å². The molecule has 3 aromatic rings. The Morgan fingerprint density at radius 2 is 1.66 bits per heavy atom. The van der Waals surface area contributed by atoms with Crippen LogP contribution in [0.3, 0.4) is 0 Å². The molecule has 29 heavy (non-hydrogen) atoms. The second kappa shape index (κ2) is 10.1. The maximum atomic E-state index is 12.1. The van der Waals surface area contributed by atoms with Crippen molar-refractivity contribution in [1.82, 2.24) is 5.43 Å². The number of nitrogens with zero attached hydrogens (tertiary/aromatic N) is 1. The Balaban J connectivity index is 1.61. The molecule has 3 aromatic carbocycles. The number of halogens is 2. The van der Waals surface area contributed by atoms with Gasteiger partial charge >= 0.3 is 0 Å². The number of ether oxygens (including phenoxy) is 1. The number of hydrogen-bond acceptors (Lipinski definition) is 3. The molecule has 0 heterocycles. The Labute approximate surface area is 180 Å². The third-order valence-corrected chi connectivity index (χ3v) is 4.76. The van der Waals surface area contributed by atoms with Crippen LogP contribution in [0.5, 0.6) is 5.75 Å². The number of benzene rings is 3. The van der Waals surface area contributed by atoms with Gasteiger partial charge in [-0.25, -0.2) is 5.43 Å². The molecular formula is C23H20Cl2N2O2. The van der Waals surface area contributed by atoms with Crippen LogP contribution in [-0.4, -0.2) is 18.2 Å². The highest BCUT2D eigenvalue weighted by molar-refractivity contribution is 6.35. The lowest BCUT2D eigenvalue weighted by molar-refractivity contribution is -0.123. The Morgan fingerprint density at radius 3 is 2.31 bits per heavy atom. The largest absolute Gasteiger partial charge is 0.482 e. The van der Waals surface area contributed by atoms with Crippen LogP contribution < -0.4 is 10.2 Å². The summed E-state index contributed by atoms with van der Waals surface area (Å²) in [7, 11) is 0. The van der Waals surface area contributed by atoms with E-state index >= 15 is 0 Å². The normalized spacial score (nSPS) is 11.2. The molecular weight excluding hydrogens is 407 g/mol. The maximum Gasteiger partial charge on any atom is 0.277 e. The SMILES string of the molecule is CCC(=NNC(=O)COc1ccc(Cl)cc1Cl)c1ccc(-c2ccccc2)cc1. The Morgan fingerprint density at radius 1 is 0.966 bits per heavy atom. The van der Waals surface area contributed by atoms with Gasteiger partial charge in [0.2, 0.25) is 0 Å². The van der Waals surface area contributed by atoms with E-state index in [1.807, 2.05) is 49.4 Å². The lowest BCUT2D eigenvalue weighted by Crippen LogP contribution is -2.26. The molecule has 0 radical (unpaired) electrons. The minimum Gasteiger partial charge on any atom is -0.482 e. The maximum absolute atomic E-state index is 12.1. The first kappa shape index (κ1) is 20.9. The minimum absolute atomic E-state index is 0.200. The molecule has 0 spiro atoms. The fourth-order valence-corrected chi connectivity index (χ4v) is 3.19. The van der Waals surface area contributed by atoms with E-state index in [-0.39, 0.29) is 12.5 Å². The molecule has 0 aliphatic heterocycles. The first-order valence-corrected chi connectivity index (χ1v) is 9.91. The van der Waals surface area contributed by atoms with E-state index in [1.54, 1.807) is 18.2 Å². The molecule has 0 aliphatic rings. The topological polar surface area (TPSA) is 50.7 Å². The molecule has 0 saturated carbocycles. The van der Waals surface area contributed by atoms with Gasteiger partial charge in [0.05, 0.1) is 10.7 Å². The molecule has 0 unspecified atom stereocenters. The summed E-state index contributed by atoms with van der Waals surface area (Å²) in [4.78, 5) is 12.1. The number of nitrogens with one attached hydrogen (secondary N) is 1. The third-order valence-electron chi connectivity index (χ3n) is 4.23. The summed E-state index contributed by atoms with van der Waals surface area (Å²) in [6.07, 6.45) is 0.675. The second-order valence-electron chi connectivity index (χ2n) is 6.25. The minimum atomic E-state index is -0.372. The average Bonchev–Trinajstić information content (AvgIpc) is 2.74. The molecule has 0 aliphatic carbocycles. The summed E-state index contributed by atoms with van der Waals surface area (Å²) in [5, 5.41) is 5.10. The van der Waals surface area contributed by atoms with Crippen LogP contribution in [-0.2, 0) is 4.79 Å². The molecule has 3 rings (SSSR count). The molecule has 6 heteroatoms. The van der Waals surface area contributed by atoms with Crippen LogP contribution >= 0.6 is 23.2 Å². The van der Waals surface area contributed by atoms with E-state index in [9.17, 15) is 4.79 Å². The fourth-order valence-electron chi connectivity index (χ4n) is 2.73. The monoisotopic (exact) mass is 426 g/mol. The molecule has 0 aromatic heterocycles. The van der Waals surface area contributed by atoms with Crippen molar-refractivity contribution in [2.75, 3.05) is 6.61 Å². The van der Waals surface area contributed by atoms with Crippen molar-refractivity contribution in [3.05, 3.63) is 88.4 Å². The van der Waals surface area contributed by atoms with Crippen molar-refractivity contribution in [2.45, 2.75) is 13.3 Å². The molecule has 0 fully saturated rings. The summed E-state index contributed by atoms with van der Waals surface area (Å²) in [6, 6.07) is 23.1. The van der Waals surface area contributed by atoms with Crippen molar-refractivity contribution in [2.24, 2.45) is 5.10 Å². The van der Waals surface area contributed by atoms with Crippen LogP contribution in [0.25, 0.3) is 11.1 Å². The van der Waals surface area contributed by atoms with Gasteiger partial charge in [-0.3, -0.25) is 4.79 Å². The van der Waals surface area contributed by atoms with Gasteiger partial charge in [0, 0.05) is 5.02 Å². The molecule has 0 bridgehead atoms. The van der Waals surface area contributed by atoms with Gasteiger partial charge in [-0.1, -0.05) is 84.7 Å². The lowest BCUT2D eigenvalue weighted by atomic mass is 10.0. The number of hydrogen-bond donors (Lipinski definition) is 1. The summed E-state index contributed by atoms with van der Waals surface area (Å²) in [6.45, 7) is 1.79. The quantitative estimate of drug-likeness (QED) is 0.373. The fraction of sp³-hybridized carbons (Fsp3) is 0.130. The Bertz CT molecular complexity index is 1000. The van der Waals surface area contributed by atoms with E-state index in [1.165, 1.54) is 0 Å².